The highest BCUT2D eigenvalue weighted by molar-refractivity contribution is 6.09. The molecule has 0 aliphatic heterocycles. The third kappa shape index (κ3) is 8.67. The largest absolute Gasteiger partial charge is 0.456 e. The van der Waals surface area contributed by atoms with Crippen LogP contribution < -0.4 is 4.90 Å². The van der Waals surface area contributed by atoms with Crippen LogP contribution in [-0.2, 0) is 25.7 Å². The second kappa shape index (κ2) is 19.5. The van der Waals surface area contributed by atoms with E-state index in [0.29, 0.717) is 0 Å². The summed E-state index contributed by atoms with van der Waals surface area (Å²) in [7, 11) is 0. The lowest BCUT2D eigenvalue weighted by atomic mass is 9.89. The maximum Gasteiger partial charge on any atom is 0.135 e. The highest BCUT2D eigenvalue weighted by Crippen LogP contribution is 2.43. The van der Waals surface area contributed by atoms with Crippen LogP contribution in [0.2, 0.25) is 0 Å². The summed E-state index contributed by atoms with van der Waals surface area (Å²) in [4.78, 5) is 2.46. The maximum absolute atomic E-state index is 6.34. The Hall–Kier alpha value is -9.90. The Balaban J connectivity index is 0.904. The zero-order valence-electron chi connectivity index (χ0n) is 44.7. The maximum atomic E-state index is 6.34. The molecule has 0 spiro atoms. The highest BCUT2D eigenvalue weighted by Gasteiger charge is 2.20. The van der Waals surface area contributed by atoms with Gasteiger partial charge in [0, 0.05) is 49.4 Å². The molecule has 0 radical (unpaired) electrons. The molecule has 0 saturated carbocycles. The molecule has 0 aliphatic rings. The number of benzene rings is 12. The number of furan rings is 3. The fourth-order valence-electron chi connectivity index (χ4n) is 12.1. The lowest BCUT2D eigenvalue weighted by molar-refractivity contribution is 0.668. The van der Waals surface area contributed by atoms with Crippen molar-refractivity contribution in [1.29, 1.82) is 0 Å². The summed E-state index contributed by atoms with van der Waals surface area (Å²) >= 11 is 0. The first-order chi connectivity index (χ1) is 39.4. The van der Waals surface area contributed by atoms with Gasteiger partial charge < -0.3 is 18.2 Å². The number of hydrogen-bond donors (Lipinski definition) is 0. The van der Waals surface area contributed by atoms with Crippen LogP contribution in [0.5, 0.6) is 0 Å². The monoisotopic (exact) mass is 1030 g/mol. The van der Waals surface area contributed by atoms with Crippen molar-refractivity contribution in [2.75, 3.05) is 4.90 Å². The summed E-state index contributed by atoms with van der Waals surface area (Å²) in [5, 5.41) is 9.31. The number of para-hydroxylation sites is 3. The molecule has 0 N–H and O–H groups in total. The third-order valence-electron chi connectivity index (χ3n) is 16.5. The van der Waals surface area contributed by atoms with Gasteiger partial charge in [0.15, 0.2) is 0 Å². The molecule has 3 aromatic heterocycles. The van der Waals surface area contributed by atoms with E-state index < -0.39 is 0 Å². The summed E-state index contributed by atoms with van der Waals surface area (Å²) in [5.74, 6) is 0. The van der Waals surface area contributed by atoms with E-state index in [1.807, 2.05) is 30.3 Å². The van der Waals surface area contributed by atoms with Gasteiger partial charge in [0.25, 0.3) is 0 Å². The molecule has 4 heteroatoms. The Morgan fingerprint density at radius 1 is 0.250 bits per heavy atom. The first-order valence-corrected chi connectivity index (χ1v) is 27.9. The number of aryl methyl sites for hydroxylation is 6. The van der Waals surface area contributed by atoms with Crippen LogP contribution >= 0.6 is 0 Å². The van der Waals surface area contributed by atoms with Crippen molar-refractivity contribution in [3.05, 3.63) is 282 Å². The van der Waals surface area contributed by atoms with Crippen molar-refractivity contribution in [2.45, 2.75) is 39.5 Å². The van der Waals surface area contributed by atoms with Crippen molar-refractivity contribution in [3.8, 4) is 33.4 Å². The zero-order chi connectivity index (χ0) is 53.3. The molecule has 0 unspecified atom stereocenters. The molecule has 0 bridgehead atoms. The summed E-state index contributed by atoms with van der Waals surface area (Å²) < 4.78 is 18.8. The van der Waals surface area contributed by atoms with Gasteiger partial charge in [0.05, 0.1) is 0 Å². The standard InChI is InChI=1S/C76H55NO3/c1-48-15-19-50(20-16-48)23-25-57-41-59(56-33-40-76-70(45-56)65-11-5-8-14-73(65)80-76)46-66-58(26-24-51-21-17-49(2)18-22-51)42-62(47-67(57)66)77(60-34-27-52(28-35-60)54-31-38-74-68(43-54)63-9-3-6-12-71(63)78-74)61-36-29-53(30-37-61)55-32-39-75-69(44-55)64-10-4-7-13-72(64)79-75/h3-22,27-47H,23-26H2,1-2H3. The highest BCUT2D eigenvalue weighted by atomic mass is 16.3. The van der Waals surface area contributed by atoms with Crippen LogP contribution in [0.3, 0.4) is 0 Å². The molecule has 12 aromatic carbocycles. The molecule has 0 aliphatic carbocycles. The second-order valence-corrected chi connectivity index (χ2v) is 21.7. The third-order valence-corrected chi connectivity index (χ3v) is 16.5. The topological polar surface area (TPSA) is 42.7 Å². The predicted molar refractivity (Wildman–Crippen MR) is 334 cm³/mol. The van der Waals surface area contributed by atoms with E-state index in [1.165, 1.54) is 55.3 Å². The van der Waals surface area contributed by atoms with Gasteiger partial charge in [-0.1, -0.05) is 163 Å². The van der Waals surface area contributed by atoms with Crippen molar-refractivity contribution >= 4 is 93.7 Å². The van der Waals surface area contributed by atoms with Crippen molar-refractivity contribution < 1.29 is 13.3 Å². The molecule has 0 atom stereocenters. The minimum atomic E-state index is 0.863. The summed E-state index contributed by atoms with van der Waals surface area (Å²) in [5.41, 5.74) is 23.5. The fourth-order valence-corrected chi connectivity index (χ4v) is 12.1. The van der Waals surface area contributed by atoms with Crippen LogP contribution in [0, 0.1) is 13.8 Å². The molecule has 3 heterocycles. The van der Waals surface area contributed by atoms with Gasteiger partial charge in [-0.05, 0) is 203 Å². The molecule has 4 nitrogen and oxygen atoms in total. The fraction of sp³-hybridized carbons (Fsp3) is 0.0789. The Morgan fingerprint density at radius 2 is 0.600 bits per heavy atom. The number of hydrogen-bond acceptors (Lipinski definition) is 4. The average molecular weight is 1030 g/mol. The summed E-state index contributed by atoms with van der Waals surface area (Å²) in [6, 6.07) is 90.9. The molecule has 80 heavy (non-hydrogen) atoms. The predicted octanol–water partition coefficient (Wildman–Crippen LogP) is 21.2. The van der Waals surface area contributed by atoms with Gasteiger partial charge in [-0.2, -0.15) is 0 Å². The van der Waals surface area contributed by atoms with E-state index in [9.17, 15) is 0 Å². The van der Waals surface area contributed by atoms with Gasteiger partial charge in [0.2, 0.25) is 0 Å². The van der Waals surface area contributed by atoms with Crippen molar-refractivity contribution in [3.63, 3.8) is 0 Å². The normalized spacial score (nSPS) is 11.8. The number of fused-ring (bicyclic) bond motifs is 10. The van der Waals surface area contributed by atoms with E-state index in [1.54, 1.807) is 0 Å². The van der Waals surface area contributed by atoms with E-state index >= 15 is 0 Å². The quantitative estimate of drug-likeness (QED) is 0.122. The van der Waals surface area contributed by atoms with Crippen molar-refractivity contribution in [2.24, 2.45) is 0 Å². The Morgan fingerprint density at radius 3 is 1.04 bits per heavy atom. The van der Waals surface area contributed by atoms with Crippen LogP contribution in [-0.4, -0.2) is 0 Å². The molecule has 15 aromatic rings. The molecule has 0 fully saturated rings. The molecule has 0 saturated heterocycles. The van der Waals surface area contributed by atoms with E-state index in [0.717, 1.165) is 131 Å². The van der Waals surface area contributed by atoms with Gasteiger partial charge in [-0.25, -0.2) is 0 Å². The number of anilines is 3. The van der Waals surface area contributed by atoms with Crippen LogP contribution in [0.1, 0.15) is 33.4 Å². The van der Waals surface area contributed by atoms with E-state index in [4.69, 9.17) is 13.3 Å². The van der Waals surface area contributed by atoms with Gasteiger partial charge in [-0.15, -0.1) is 0 Å². The average Bonchev–Trinajstić information content (AvgIpc) is 4.30. The smallest absolute Gasteiger partial charge is 0.135 e. The first-order valence-electron chi connectivity index (χ1n) is 27.9. The van der Waals surface area contributed by atoms with Crippen molar-refractivity contribution in [1.82, 2.24) is 0 Å². The van der Waals surface area contributed by atoms with E-state index in [2.05, 4.69) is 237 Å². The molecule has 0 amide bonds. The zero-order valence-corrected chi connectivity index (χ0v) is 44.7. The van der Waals surface area contributed by atoms with Gasteiger partial charge >= 0.3 is 0 Å². The summed E-state index contributed by atoms with van der Waals surface area (Å²) in [6.45, 7) is 4.33. The lowest BCUT2D eigenvalue weighted by Gasteiger charge is -2.28. The molecule has 382 valence electrons. The SMILES string of the molecule is Cc1ccc(CCc2cc(N(c3ccc(-c4ccc5oc6ccccc6c5c4)cc3)c3ccc(-c4ccc5oc6ccccc6c5c4)cc3)cc3c(CCc4ccc(C)cc4)cc(-c4ccc5oc6ccccc6c5c4)cc23)cc1. The minimum Gasteiger partial charge on any atom is -0.456 e. The molecule has 15 rings (SSSR count). The molecular formula is C76H55NO3. The van der Waals surface area contributed by atoms with Crippen LogP contribution in [0.15, 0.2) is 262 Å². The second-order valence-electron chi connectivity index (χ2n) is 21.7. The summed E-state index contributed by atoms with van der Waals surface area (Å²) in [6.07, 6.45) is 3.56. The Labute approximate surface area is 464 Å². The van der Waals surface area contributed by atoms with Gasteiger partial charge in [-0.3, -0.25) is 0 Å². The Bertz CT molecular complexity index is 4670. The van der Waals surface area contributed by atoms with Gasteiger partial charge in [0.1, 0.15) is 33.5 Å². The molecular weight excluding hydrogens is 975 g/mol. The Kier molecular flexibility index (Phi) is 11.6. The number of rotatable bonds is 12. The lowest BCUT2D eigenvalue weighted by Crippen LogP contribution is -2.11. The number of nitrogens with zero attached hydrogens (tertiary/aromatic N) is 1. The first kappa shape index (κ1) is 47.3. The van der Waals surface area contributed by atoms with Crippen LogP contribution in [0.4, 0.5) is 17.1 Å². The minimum absolute atomic E-state index is 0.863. The van der Waals surface area contributed by atoms with E-state index in [-0.39, 0.29) is 0 Å². The van der Waals surface area contributed by atoms with Crippen LogP contribution in [0.25, 0.3) is 110 Å².